The normalized spacial score (nSPS) is 11.6. The van der Waals surface area contributed by atoms with Crippen LogP contribution in [0.15, 0.2) is 46.2 Å². The van der Waals surface area contributed by atoms with Gasteiger partial charge in [-0.25, -0.2) is 17.8 Å². The molecule has 0 radical (unpaired) electrons. The predicted molar refractivity (Wildman–Crippen MR) is 90.7 cm³/mol. The first-order valence-electron chi connectivity index (χ1n) is 6.34. The molecule has 0 saturated heterocycles. The van der Waals surface area contributed by atoms with Crippen LogP contribution in [0.2, 0.25) is 10.0 Å². The van der Waals surface area contributed by atoms with Crippen molar-refractivity contribution in [1.29, 1.82) is 0 Å². The third-order valence-corrected chi connectivity index (χ3v) is 6.18. The van der Waals surface area contributed by atoms with Gasteiger partial charge in [0.25, 0.3) is 16.0 Å². The van der Waals surface area contributed by atoms with E-state index in [1.165, 1.54) is 17.1 Å². The minimum absolute atomic E-state index is 0.00323. The van der Waals surface area contributed by atoms with Crippen LogP contribution in [0.25, 0.3) is 0 Å². The molecule has 0 spiro atoms. The fourth-order valence-electron chi connectivity index (χ4n) is 1.83. The van der Waals surface area contributed by atoms with E-state index in [1.54, 1.807) is 29.6 Å². The van der Waals surface area contributed by atoms with Crippen LogP contribution >= 0.6 is 34.5 Å². The summed E-state index contributed by atoms with van der Waals surface area (Å²) < 4.78 is 28.2. The Kier molecular flexibility index (Phi) is 4.58. The Hall–Kier alpha value is -1.61. The lowest BCUT2D eigenvalue weighted by Gasteiger charge is -2.04. The van der Waals surface area contributed by atoms with Gasteiger partial charge in [-0.15, -0.1) is 16.4 Å². The average Bonchev–Trinajstić information content (AvgIpc) is 3.13. The van der Waals surface area contributed by atoms with Gasteiger partial charge < -0.3 is 0 Å². The highest BCUT2D eigenvalue weighted by molar-refractivity contribution is 7.94. The molecule has 0 aliphatic carbocycles. The van der Waals surface area contributed by atoms with Crippen molar-refractivity contribution in [2.45, 2.75) is 10.8 Å². The van der Waals surface area contributed by atoms with Gasteiger partial charge in [-0.1, -0.05) is 35.3 Å². The Morgan fingerprint density at radius 2 is 2.09 bits per heavy atom. The standard InChI is InChI=1S/C13H10Cl2N4O2S2/c14-10-4-3-9(11(15)6-10)7-19-8-16-13(17-19)18-23(20,21)12-2-1-5-22-12/h1-6,8H,7H2,(H,17,18). The number of nitrogens with one attached hydrogen (secondary N) is 1. The molecule has 23 heavy (non-hydrogen) atoms. The fraction of sp³-hybridized carbons (Fsp3) is 0.0769. The van der Waals surface area contributed by atoms with E-state index in [0.717, 1.165) is 16.9 Å². The topological polar surface area (TPSA) is 76.9 Å². The zero-order chi connectivity index (χ0) is 16.4. The summed E-state index contributed by atoms with van der Waals surface area (Å²) in [4.78, 5) is 3.95. The number of hydrogen-bond donors (Lipinski definition) is 1. The molecule has 0 unspecified atom stereocenters. The van der Waals surface area contributed by atoms with Gasteiger partial charge in [-0.05, 0) is 29.1 Å². The molecule has 3 aromatic rings. The third kappa shape index (κ3) is 3.84. The molecule has 120 valence electrons. The molecule has 2 heterocycles. The highest BCUT2D eigenvalue weighted by Gasteiger charge is 2.17. The second-order valence-corrected chi connectivity index (χ2v) is 8.24. The number of halogens is 2. The number of aromatic nitrogens is 3. The van der Waals surface area contributed by atoms with E-state index >= 15 is 0 Å². The second-order valence-electron chi connectivity index (χ2n) is 4.54. The van der Waals surface area contributed by atoms with E-state index < -0.39 is 10.0 Å². The van der Waals surface area contributed by atoms with Crippen molar-refractivity contribution in [3.05, 3.63) is 57.6 Å². The highest BCUT2D eigenvalue weighted by atomic mass is 35.5. The largest absolute Gasteiger partial charge is 0.273 e. The number of benzene rings is 1. The monoisotopic (exact) mass is 388 g/mol. The summed E-state index contributed by atoms with van der Waals surface area (Å²) in [5.41, 5.74) is 0.800. The van der Waals surface area contributed by atoms with Gasteiger partial charge in [0.1, 0.15) is 10.5 Å². The molecule has 0 atom stereocenters. The minimum Gasteiger partial charge on any atom is -0.246 e. The van der Waals surface area contributed by atoms with E-state index in [2.05, 4.69) is 14.8 Å². The molecule has 0 aliphatic rings. The Balaban J connectivity index is 1.76. The van der Waals surface area contributed by atoms with E-state index in [9.17, 15) is 8.42 Å². The van der Waals surface area contributed by atoms with Crippen LogP contribution in [-0.4, -0.2) is 23.2 Å². The molecule has 10 heteroatoms. The molecular formula is C13H10Cl2N4O2S2. The predicted octanol–water partition coefficient (Wildman–Crippen LogP) is 3.50. The number of nitrogens with zero attached hydrogens (tertiary/aromatic N) is 3. The summed E-state index contributed by atoms with van der Waals surface area (Å²) in [7, 11) is -3.66. The van der Waals surface area contributed by atoms with Gasteiger partial charge >= 0.3 is 0 Å². The van der Waals surface area contributed by atoms with Gasteiger partial charge in [-0.3, -0.25) is 0 Å². The number of anilines is 1. The smallest absolute Gasteiger partial charge is 0.246 e. The summed E-state index contributed by atoms with van der Waals surface area (Å²) in [6.45, 7) is 0.351. The summed E-state index contributed by atoms with van der Waals surface area (Å²) in [6, 6.07) is 8.31. The van der Waals surface area contributed by atoms with Crippen LogP contribution < -0.4 is 4.72 Å². The van der Waals surface area contributed by atoms with E-state index in [1.807, 2.05) is 0 Å². The van der Waals surface area contributed by atoms with E-state index in [4.69, 9.17) is 23.2 Å². The van der Waals surface area contributed by atoms with Crippen LogP contribution in [0, 0.1) is 0 Å². The molecule has 0 amide bonds. The molecule has 1 aromatic carbocycles. The Bertz CT molecular complexity index is 923. The lowest BCUT2D eigenvalue weighted by molar-refractivity contribution is 0.602. The molecule has 3 rings (SSSR count). The second kappa shape index (κ2) is 6.48. The Morgan fingerprint density at radius 3 is 2.78 bits per heavy atom. The number of hydrogen-bond acceptors (Lipinski definition) is 5. The number of thiophene rings is 1. The van der Waals surface area contributed by atoms with Crippen LogP contribution in [0.1, 0.15) is 5.56 Å². The van der Waals surface area contributed by atoms with Crippen molar-refractivity contribution in [2.75, 3.05) is 4.72 Å². The van der Waals surface area contributed by atoms with Crippen molar-refractivity contribution in [3.8, 4) is 0 Å². The summed E-state index contributed by atoms with van der Waals surface area (Å²) in [6.07, 6.45) is 1.43. The van der Waals surface area contributed by atoms with Crippen LogP contribution in [-0.2, 0) is 16.6 Å². The minimum atomic E-state index is -3.66. The first-order valence-corrected chi connectivity index (χ1v) is 9.45. The zero-order valence-electron chi connectivity index (χ0n) is 11.5. The maximum atomic E-state index is 12.1. The number of rotatable bonds is 5. The molecule has 0 aliphatic heterocycles. The van der Waals surface area contributed by atoms with Crippen molar-refractivity contribution in [3.63, 3.8) is 0 Å². The maximum Gasteiger partial charge on any atom is 0.273 e. The molecule has 0 fully saturated rings. The van der Waals surface area contributed by atoms with Gasteiger partial charge in [0.2, 0.25) is 0 Å². The molecule has 6 nitrogen and oxygen atoms in total. The van der Waals surface area contributed by atoms with Gasteiger partial charge in [0.15, 0.2) is 0 Å². The summed E-state index contributed by atoms with van der Waals surface area (Å²) in [5, 5.41) is 6.83. The maximum absolute atomic E-state index is 12.1. The molecule has 1 N–H and O–H groups in total. The third-order valence-electron chi connectivity index (χ3n) is 2.87. The van der Waals surface area contributed by atoms with Crippen molar-refractivity contribution < 1.29 is 8.42 Å². The highest BCUT2D eigenvalue weighted by Crippen LogP contribution is 2.22. The molecular weight excluding hydrogens is 379 g/mol. The van der Waals surface area contributed by atoms with Gasteiger partial charge in [-0.2, -0.15) is 4.98 Å². The fourth-order valence-corrected chi connectivity index (χ4v) is 4.24. The summed E-state index contributed by atoms with van der Waals surface area (Å²) in [5.74, 6) is 0.00323. The number of sulfonamides is 1. The van der Waals surface area contributed by atoms with E-state index in [0.29, 0.717) is 16.6 Å². The Morgan fingerprint density at radius 1 is 1.26 bits per heavy atom. The molecule has 2 aromatic heterocycles. The first-order chi connectivity index (χ1) is 10.9. The lowest BCUT2D eigenvalue weighted by Crippen LogP contribution is -2.13. The Labute approximate surface area is 146 Å². The van der Waals surface area contributed by atoms with E-state index in [-0.39, 0.29) is 10.2 Å². The van der Waals surface area contributed by atoms with Gasteiger partial charge in [0, 0.05) is 10.0 Å². The van der Waals surface area contributed by atoms with Crippen molar-refractivity contribution in [1.82, 2.24) is 14.8 Å². The SMILES string of the molecule is O=S(=O)(Nc1ncn(Cc2ccc(Cl)cc2Cl)n1)c1cccs1. The van der Waals surface area contributed by atoms with Gasteiger partial charge in [0.05, 0.1) is 6.54 Å². The first kappa shape index (κ1) is 16.3. The molecule has 0 saturated carbocycles. The van der Waals surface area contributed by atoms with Crippen LogP contribution in [0.3, 0.4) is 0 Å². The lowest BCUT2D eigenvalue weighted by atomic mass is 10.2. The zero-order valence-corrected chi connectivity index (χ0v) is 14.6. The van der Waals surface area contributed by atoms with Crippen molar-refractivity contribution >= 4 is 50.5 Å². The van der Waals surface area contributed by atoms with Crippen LogP contribution in [0.4, 0.5) is 5.95 Å². The van der Waals surface area contributed by atoms with Crippen molar-refractivity contribution in [2.24, 2.45) is 0 Å². The van der Waals surface area contributed by atoms with Crippen LogP contribution in [0.5, 0.6) is 0 Å². The summed E-state index contributed by atoms with van der Waals surface area (Å²) >= 11 is 13.1. The quantitative estimate of drug-likeness (QED) is 0.725. The average molecular weight is 389 g/mol. The molecule has 0 bridgehead atoms.